The molecule has 0 aliphatic carbocycles. The predicted octanol–water partition coefficient (Wildman–Crippen LogP) is 1.36. The number of hydrogen-bond donors (Lipinski definition) is 3. The number of carbonyl (C=O) groups excluding carboxylic acids is 1. The van der Waals surface area contributed by atoms with Gasteiger partial charge < -0.3 is 21.1 Å². The molecular weight excluding hydrogens is 230 g/mol. The molecule has 98 valence electrons. The Morgan fingerprint density at radius 2 is 2.39 bits per heavy atom. The molecule has 0 radical (unpaired) electrons. The van der Waals surface area contributed by atoms with Gasteiger partial charge in [0.1, 0.15) is 5.75 Å². The molecule has 18 heavy (non-hydrogen) atoms. The topological polar surface area (TPSA) is 76.4 Å². The third-order valence-electron chi connectivity index (χ3n) is 2.95. The van der Waals surface area contributed by atoms with E-state index in [2.05, 4.69) is 10.6 Å². The van der Waals surface area contributed by atoms with Crippen LogP contribution in [-0.2, 0) is 4.79 Å². The van der Waals surface area contributed by atoms with Gasteiger partial charge in [-0.25, -0.2) is 0 Å². The molecule has 1 aliphatic rings. The number of nitrogens with one attached hydrogen (secondary N) is 2. The largest absolute Gasteiger partial charge is 0.492 e. The van der Waals surface area contributed by atoms with Gasteiger partial charge in [0, 0.05) is 30.8 Å². The minimum atomic E-state index is 0.125. The van der Waals surface area contributed by atoms with Crippen molar-refractivity contribution in [3.05, 3.63) is 18.2 Å². The second-order valence-electron chi connectivity index (χ2n) is 4.37. The molecular formula is C13H19N3O2. The average molecular weight is 249 g/mol. The van der Waals surface area contributed by atoms with Gasteiger partial charge in [0.25, 0.3) is 0 Å². The Hall–Kier alpha value is -1.91. The van der Waals surface area contributed by atoms with Crippen molar-refractivity contribution in [2.75, 3.05) is 24.2 Å². The first-order valence-corrected chi connectivity index (χ1v) is 6.24. The standard InChI is InChI=1S/C13H19N3O2/c1-2-18-12-7-9(3-5-11(12)14)16-10-4-6-13(17)15-8-10/h3,5,7,10,16H,2,4,6,8,14H2,1H3,(H,15,17). The number of nitrogens with two attached hydrogens (primary N) is 1. The van der Waals surface area contributed by atoms with Gasteiger partial charge in [-0.2, -0.15) is 0 Å². The average Bonchev–Trinajstić information content (AvgIpc) is 2.37. The second kappa shape index (κ2) is 5.62. The van der Waals surface area contributed by atoms with Gasteiger partial charge >= 0.3 is 0 Å². The maximum atomic E-state index is 11.1. The van der Waals surface area contributed by atoms with Crippen molar-refractivity contribution in [2.45, 2.75) is 25.8 Å². The van der Waals surface area contributed by atoms with Crippen LogP contribution in [-0.4, -0.2) is 25.1 Å². The number of anilines is 2. The Labute approximate surface area is 107 Å². The lowest BCUT2D eigenvalue weighted by molar-refractivity contribution is -0.122. The molecule has 0 saturated carbocycles. The van der Waals surface area contributed by atoms with E-state index >= 15 is 0 Å². The minimum Gasteiger partial charge on any atom is -0.492 e. The van der Waals surface area contributed by atoms with E-state index in [1.165, 1.54) is 0 Å². The van der Waals surface area contributed by atoms with Crippen molar-refractivity contribution in [3.63, 3.8) is 0 Å². The second-order valence-corrected chi connectivity index (χ2v) is 4.37. The first-order chi connectivity index (χ1) is 8.69. The summed E-state index contributed by atoms with van der Waals surface area (Å²) in [4.78, 5) is 11.1. The van der Waals surface area contributed by atoms with Crippen molar-refractivity contribution in [3.8, 4) is 5.75 Å². The Balaban J connectivity index is 2.00. The van der Waals surface area contributed by atoms with Crippen LogP contribution in [0.2, 0.25) is 0 Å². The van der Waals surface area contributed by atoms with Gasteiger partial charge in [0.2, 0.25) is 5.91 Å². The minimum absolute atomic E-state index is 0.125. The summed E-state index contributed by atoms with van der Waals surface area (Å²) < 4.78 is 5.45. The lowest BCUT2D eigenvalue weighted by atomic mass is 10.1. The third kappa shape index (κ3) is 3.06. The van der Waals surface area contributed by atoms with E-state index in [-0.39, 0.29) is 11.9 Å². The maximum Gasteiger partial charge on any atom is 0.220 e. The van der Waals surface area contributed by atoms with Crippen molar-refractivity contribution in [1.29, 1.82) is 0 Å². The summed E-state index contributed by atoms with van der Waals surface area (Å²) in [5.41, 5.74) is 7.42. The molecule has 2 rings (SSSR count). The molecule has 0 bridgehead atoms. The van der Waals surface area contributed by atoms with Crippen LogP contribution in [0.1, 0.15) is 19.8 Å². The highest BCUT2D eigenvalue weighted by Crippen LogP contribution is 2.26. The van der Waals surface area contributed by atoms with Crippen LogP contribution < -0.4 is 21.1 Å². The zero-order valence-corrected chi connectivity index (χ0v) is 10.5. The van der Waals surface area contributed by atoms with Gasteiger partial charge in [-0.1, -0.05) is 0 Å². The van der Waals surface area contributed by atoms with Gasteiger partial charge in [-0.05, 0) is 25.5 Å². The molecule has 0 aromatic heterocycles. The SMILES string of the molecule is CCOc1cc(NC2CCC(=O)NC2)ccc1N. The van der Waals surface area contributed by atoms with Crippen LogP contribution in [0.4, 0.5) is 11.4 Å². The number of piperidine rings is 1. The predicted molar refractivity (Wildman–Crippen MR) is 71.7 cm³/mol. The summed E-state index contributed by atoms with van der Waals surface area (Å²) >= 11 is 0. The van der Waals surface area contributed by atoms with E-state index < -0.39 is 0 Å². The van der Waals surface area contributed by atoms with Crippen LogP contribution in [0.25, 0.3) is 0 Å². The van der Waals surface area contributed by atoms with E-state index in [1.54, 1.807) is 0 Å². The molecule has 0 spiro atoms. The van der Waals surface area contributed by atoms with Crippen molar-refractivity contribution in [1.82, 2.24) is 5.32 Å². The molecule has 1 aromatic rings. The van der Waals surface area contributed by atoms with Gasteiger partial charge in [-0.3, -0.25) is 4.79 Å². The van der Waals surface area contributed by atoms with Crippen LogP contribution in [0.3, 0.4) is 0 Å². The Morgan fingerprint density at radius 1 is 1.56 bits per heavy atom. The lowest BCUT2D eigenvalue weighted by Gasteiger charge is -2.24. The van der Waals surface area contributed by atoms with E-state index in [9.17, 15) is 4.79 Å². The number of ether oxygens (including phenoxy) is 1. The van der Waals surface area contributed by atoms with Gasteiger partial charge in [-0.15, -0.1) is 0 Å². The lowest BCUT2D eigenvalue weighted by Crippen LogP contribution is -2.41. The molecule has 5 heteroatoms. The van der Waals surface area contributed by atoms with Gasteiger partial charge in [0.15, 0.2) is 0 Å². The highest BCUT2D eigenvalue weighted by Gasteiger charge is 2.17. The number of nitrogen functional groups attached to an aromatic ring is 1. The zero-order chi connectivity index (χ0) is 13.0. The Kier molecular flexibility index (Phi) is 3.92. The molecule has 1 amide bonds. The molecule has 1 aromatic carbocycles. The summed E-state index contributed by atoms with van der Waals surface area (Å²) in [6.45, 7) is 3.18. The van der Waals surface area contributed by atoms with E-state index in [1.807, 2.05) is 25.1 Å². The smallest absolute Gasteiger partial charge is 0.220 e. The Bertz CT molecular complexity index is 424. The highest BCUT2D eigenvalue weighted by atomic mass is 16.5. The molecule has 1 aliphatic heterocycles. The summed E-state index contributed by atoms with van der Waals surface area (Å²) in [6, 6.07) is 5.92. The maximum absolute atomic E-state index is 11.1. The zero-order valence-electron chi connectivity index (χ0n) is 10.5. The first kappa shape index (κ1) is 12.5. The molecule has 1 heterocycles. The number of amides is 1. The molecule has 1 atom stereocenters. The number of carbonyl (C=O) groups is 1. The normalized spacial score (nSPS) is 19.2. The number of hydrogen-bond acceptors (Lipinski definition) is 4. The fourth-order valence-corrected chi connectivity index (χ4v) is 2.00. The van der Waals surface area contributed by atoms with Crippen LogP contribution in [0.5, 0.6) is 5.75 Å². The van der Waals surface area contributed by atoms with Crippen LogP contribution >= 0.6 is 0 Å². The quantitative estimate of drug-likeness (QED) is 0.704. The molecule has 4 N–H and O–H groups in total. The van der Waals surface area contributed by atoms with Gasteiger partial charge in [0.05, 0.1) is 12.3 Å². The Morgan fingerprint density at radius 3 is 3.06 bits per heavy atom. The van der Waals surface area contributed by atoms with E-state index in [0.717, 1.165) is 12.1 Å². The number of rotatable bonds is 4. The molecule has 1 saturated heterocycles. The third-order valence-corrected chi connectivity index (χ3v) is 2.95. The first-order valence-electron chi connectivity index (χ1n) is 6.24. The summed E-state index contributed by atoms with van der Waals surface area (Å²) in [7, 11) is 0. The van der Waals surface area contributed by atoms with Crippen molar-refractivity contribution < 1.29 is 9.53 Å². The summed E-state index contributed by atoms with van der Waals surface area (Å²) in [6.07, 6.45) is 1.42. The van der Waals surface area contributed by atoms with Crippen LogP contribution in [0.15, 0.2) is 18.2 Å². The van der Waals surface area contributed by atoms with Crippen molar-refractivity contribution in [2.24, 2.45) is 0 Å². The van der Waals surface area contributed by atoms with Crippen LogP contribution in [0, 0.1) is 0 Å². The molecule has 1 unspecified atom stereocenters. The molecule has 5 nitrogen and oxygen atoms in total. The molecule has 1 fully saturated rings. The summed E-state index contributed by atoms with van der Waals surface area (Å²) in [5, 5.41) is 6.22. The fraction of sp³-hybridized carbons (Fsp3) is 0.462. The highest BCUT2D eigenvalue weighted by molar-refractivity contribution is 5.77. The summed E-state index contributed by atoms with van der Waals surface area (Å²) in [5.74, 6) is 0.822. The number of benzene rings is 1. The fourth-order valence-electron chi connectivity index (χ4n) is 2.00. The van der Waals surface area contributed by atoms with E-state index in [4.69, 9.17) is 10.5 Å². The van der Waals surface area contributed by atoms with E-state index in [0.29, 0.717) is 31.0 Å². The monoisotopic (exact) mass is 249 g/mol. The van der Waals surface area contributed by atoms with Crippen molar-refractivity contribution >= 4 is 17.3 Å².